The number of hydrogen-bond acceptors (Lipinski definition) is 1. The van der Waals surface area contributed by atoms with Crippen molar-refractivity contribution in [3.05, 3.63) is 25.3 Å². The van der Waals surface area contributed by atoms with Crippen LogP contribution in [0, 0.1) is 0 Å². The van der Waals surface area contributed by atoms with Crippen LogP contribution >= 0.6 is 0 Å². The third kappa shape index (κ3) is 0.932. The Labute approximate surface area is 58.5 Å². The maximum Gasteiger partial charge on any atom is 0.368 e. The monoisotopic (exact) mass is 134 g/mol. The minimum Gasteiger partial charge on any atom is -0.244 e. The van der Waals surface area contributed by atoms with Crippen LogP contribution in [-0.4, -0.2) is 17.5 Å². The molecular formula is C7H6N2O. The van der Waals surface area contributed by atoms with Crippen LogP contribution in [0.5, 0.6) is 0 Å². The third-order valence-electron chi connectivity index (χ3n) is 1.08. The average molecular weight is 134 g/mol. The molecule has 1 aliphatic heterocycles. The van der Waals surface area contributed by atoms with Crippen LogP contribution in [0.2, 0.25) is 0 Å². The number of urea groups is 1. The molecule has 1 heterocycles. The van der Waals surface area contributed by atoms with Crippen LogP contribution in [-0.2, 0) is 0 Å². The van der Waals surface area contributed by atoms with Gasteiger partial charge in [-0.05, 0) is 12.2 Å². The zero-order valence-corrected chi connectivity index (χ0v) is 5.37. The van der Waals surface area contributed by atoms with Crippen molar-refractivity contribution >= 4 is 17.5 Å². The summed E-state index contributed by atoms with van der Waals surface area (Å²) in [4.78, 5) is 17.6. The number of rotatable bonds is 2. The number of amides is 2. The minimum atomic E-state index is -0.482. The molecule has 0 N–H and O–H groups in total. The average Bonchev–Trinajstić information content (AvgIpc) is 2.30. The van der Waals surface area contributed by atoms with Gasteiger partial charge < -0.3 is 0 Å². The van der Waals surface area contributed by atoms with Gasteiger partial charge in [-0.15, -0.1) is 0 Å². The van der Waals surface area contributed by atoms with E-state index in [1.54, 1.807) is 0 Å². The first-order valence-corrected chi connectivity index (χ1v) is 2.74. The second-order valence-corrected chi connectivity index (χ2v) is 1.68. The first-order chi connectivity index (χ1) is 4.77. The predicted molar refractivity (Wildman–Crippen MR) is 40.7 cm³/mol. The lowest BCUT2D eigenvalue weighted by Crippen LogP contribution is -2.02. The molecule has 0 aromatic carbocycles. The van der Waals surface area contributed by atoms with E-state index >= 15 is 0 Å². The summed E-state index contributed by atoms with van der Waals surface area (Å²) in [7, 11) is 0. The smallest absolute Gasteiger partial charge is 0.244 e. The fraction of sp³-hybridized carbons (Fsp3) is 0. The molecule has 0 spiro atoms. The van der Waals surface area contributed by atoms with Crippen molar-refractivity contribution in [3.8, 4) is 0 Å². The van der Waals surface area contributed by atoms with Gasteiger partial charge in [0.15, 0.2) is 0 Å². The first-order valence-electron chi connectivity index (χ1n) is 2.74. The molecular weight excluding hydrogens is 128 g/mol. The van der Waals surface area contributed by atoms with Crippen molar-refractivity contribution in [2.75, 3.05) is 0 Å². The van der Waals surface area contributed by atoms with Crippen LogP contribution < -0.4 is 0 Å². The zero-order chi connectivity index (χ0) is 7.56. The molecule has 1 aliphatic rings. The molecule has 0 saturated heterocycles. The molecule has 0 fully saturated rings. The summed E-state index contributed by atoms with van der Waals surface area (Å²) in [5.41, 5.74) is 1.00. The Kier molecular flexibility index (Phi) is 1.58. The molecule has 0 unspecified atom stereocenters. The molecule has 2 amide bonds. The molecule has 0 aromatic heterocycles. The third-order valence-corrected chi connectivity index (χ3v) is 1.08. The molecule has 3 nitrogen and oxygen atoms in total. The fourth-order valence-electron chi connectivity index (χ4n) is 0.646. The van der Waals surface area contributed by atoms with Crippen molar-refractivity contribution < 1.29 is 4.79 Å². The summed E-state index contributed by atoms with van der Waals surface area (Å²) in [6, 6.07) is -0.482. The number of carbonyl (C=O) groups excluding carboxylic acids is 1. The number of allylic oxidation sites excluding steroid dienone is 2. The van der Waals surface area contributed by atoms with E-state index in [0.29, 0.717) is 11.4 Å². The van der Waals surface area contributed by atoms with Gasteiger partial charge in [0.25, 0.3) is 0 Å². The molecule has 50 valence electrons. The fourth-order valence-corrected chi connectivity index (χ4v) is 0.646. The van der Waals surface area contributed by atoms with Crippen LogP contribution in [0.1, 0.15) is 0 Å². The van der Waals surface area contributed by atoms with Gasteiger partial charge in [0.2, 0.25) is 0 Å². The summed E-state index contributed by atoms with van der Waals surface area (Å²) in [6.07, 6.45) is 2.96. The Hall–Kier alpha value is -1.51. The van der Waals surface area contributed by atoms with E-state index in [2.05, 4.69) is 23.1 Å². The van der Waals surface area contributed by atoms with E-state index in [1.165, 1.54) is 12.2 Å². The standard InChI is InChI=1S/C7H6N2O/c1-3-5-6(4-2)9-7(10)8-5/h3-4H,1-2H2. The molecule has 1 rings (SSSR count). The van der Waals surface area contributed by atoms with Gasteiger partial charge in [-0.25, -0.2) is 4.79 Å². The van der Waals surface area contributed by atoms with Gasteiger partial charge in [-0.2, -0.15) is 9.98 Å². The predicted octanol–water partition coefficient (Wildman–Crippen LogP) is 1.37. The topological polar surface area (TPSA) is 41.8 Å². The maximum absolute atomic E-state index is 10.5. The molecule has 0 aromatic rings. The van der Waals surface area contributed by atoms with Crippen molar-refractivity contribution in [1.82, 2.24) is 0 Å². The van der Waals surface area contributed by atoms with E-state index in [4.69, 9.17) is 0 Å². The SMILES string of the molecule is C=CC1=NC(=O)N=C1C=C. The highest BCUT2D eigenvalue weighted by Gasteiger charge is 2.12. The van der Waals surface area contributed by atoms with E-state index < -0.39 is 6.03 Å². The normalized spacial score (nSPS) is 16.2. The summed E-state index contributed by atoms with van der Waals surface area (Å²) in [5.74, 6) is 0. The van der Waals surface area contributed by atoms with Gasteiger partial charge in [0.05, 0.1) is 11.4 Å². The highest BCUT2D eigenvalue weighted by molar-refractivity contribution is 6.54. The molecule has 3 heteroatoms. The van der Waals surface area contributed by atoms with E-state index in [0.717, 1.165) is 0 Å². The maximum atomic E-state index is 10.5. The molecule has 0 saturated carbocycles. The second kappa shape index (κ2) is 2.39. The molecule has 0 aliphatic carbocycles. The highest BCUT2D eigenvalue weighted by Crippen LogP contribution is 2.00. The second-order valence-electron chi connectivity index (χ2n) is 1.68. The van der Waals surface area contributed by atoms with Gasteiger partial charge in [0.1, 0.15) is 0 Å². The molecule has 10 heavy (non-hydrogen) atoms. The zero-order valence-electron chi connectivity index (χ0n) is 5.37. The van der Waals surface area contributed by atoms with Crippen molar-refractivity contribution in [2.45, 2.75) is 0 Å². The quantitative estimate of drug-likeness (QED) is 0.562. The Morgan fingerprint density at radius 2 is 1.50 bits per heavy atom. The number of hydrogen-bond donors (Lipinski definition) is 0. The van der Waals surface area contributed by atoms with E-state index in [9.17, 15) is 4.79 Å². The lowest BCUT2D eigenvalue weighted by atomic mass is 10.2. The minimum absolute atomic E-state index is 0.482. The van der Waals surface area contributed by atoms with Gasteiger partial charge in [-0.1, -0.05) is 13.2 Å². The largest absolute Gasteiger partial charge is 0.368 e. The van der Waals surface area contributed by atoms with Crippen molar-refractivity contribution in [2.24, 2.45) is 9.98 Å². The lowest BCUT2D eigenvalue weighted by Gasteiger charge is -1.86. The Bertz CT molecular complexity index is 235. The molecule has 0 radical (unpaired) electrons. The van der Waals surface area contributed by atoms with Gasteiger partial charge in [-0.3, -0.25) is 0 Å². The number of aliphatic imine (C=N–C) groups is 2. The van der Waals surface area contributed by atoms with Crippen LogP contribution in [0.25, 0.3) is 0 Å². The summed E-state index contributed by atoms with van der Waals surface area (Å²) in [6.45, 7) is 6.93. The van der Waals surface area contributed by atoms with Crippen LogP contribution in [0.3, 0.4) is 0 Å². The molecule has 0 bridgehead atoms. The first kappa shape index (κ1) is 6.61. The number of carbonyl (C=O) groups is 1. The summed E-state index contributed by atoms with van der Waals surface area (Å²) in [5, 5.41) is 0. The lowest BCUT2D eigenvalue weighted by molar-refractivity contribution is 0.257. The van der Waals surface area contributed by atoms with Gasteiger partial charge >= 0.3 is 6.03 Å². The van der Waals surface area contributed by atoms with Crippen molar-refractivity contribution in [3.63, 3.8) is 0 Å². The van der Waals surface area contributed by atoms with Crippen LogP contribution in [0.4, 0.5) is 4.79 Å². The Balaban J connectivity index is 3.04. The Morgan fingerprint density at radius 3 is 1.80 bits per heavy atom. The summed E-state index contributed by atoms with van der Waals surface area (Å²) < 4.78 is 0. The van der Waals surface area contributed by atoms with Gasteiger partial charge in [0, 0.05) is 0 Å². The highest BCUT2D eigenvalue weighted by atomic mass is 16.2. The molecule has 0 atom stereocenters. The number of nitrogens with zero attached hydrogens (tertiary/aromatic N) is 2. The summed E-state index contributed by atoms with van der Waals surface area (Å²) >= 11 is 0. The van der Waals surface area contributed by atoms with Crippen LogP contribution in [0.15, 0.2) is 35.3 Å². The van der Waals surface area contributed by atoms with E-state index in [-0.39, 0.29) is 0 Å². The van der Waals surface area contributed by atoms with Crippen molar-refractivity contribution in [1.29, 1.82) is 0 Å². The van der Waals surface area contributed by atoms with E-state index in [1.807, 2.05) is 0 Å². The Morgan fingerprint density at radius 1 is 1.10 bits per heavy atom.